The van der Waals surface area contributed by atoms with E-state index in [0.29, 0.717) is 25.3 Å². The topological polar surface area (TPSA) is 92.4 Å². The van der Waals surface area contributed by atoms with Gasteiger partial charge >= 0.3 is 5.97 Å². The maximum absolute atomic E-state index is 11.8. The maximum atomic E-state index is 11.8. The zero-order valence-corrected chi connectivity index (χ0v) is 11.8. The van der Waals surface area contributed by atoms with Gasteiger partial charge in [-0.2, -0.15) is 0 Å². The molecule has 5 nitrogen and oxygen atoms in total. The average molecular weight is 270 g/mol. The molecule has 0 bridgehead atoms. The van der Waals surface area contributed by atoms with Crippen LogP contribution in [-0.4, -0.2) is 29.1 Å². The van der Waals surface area contributed by atoms with Crippen LogP contribution in [0.5, 0.6) is 0 Å². The van der Waals surface area contributed by atoms with Crippen LogP contribution in [-0.2, 0) is 9.59 Å². The molecule has 19 heavy (non-hydrogen) atoms. The zero-order valence-electron chi connectivity index (χ0n) is 11.8. The van der Waals surface area contributed by atoms with Crippen molar-refractivity contribution in [2.45, 2.75) is 63.8 Å². The van der Waals surface area contributed by atoms with Crippen molar-refractivity contribution in [3.8, 4) is 0 Å². The molecule has 0 aliphatic heterocycles. The van der Waals surface area contributed by atoms with Gasteiger partial charge in [0.05, 0.1) is 0 Å². The van der Waals surface area contributed by atoms with Gasteiger partial charge in [0.1, 0.15) is 0 Å². The van der Waals surface area contributed by atoms with Gasteiger partial charge in [0.2, 0.25) is 5.91 Å². The van der Waals surface area contributed by atoms with Gasteiger partial charge in [-0.05, 0) is 31.6 Å². The summed E-state index contributed by atoms with van der Waals surface area (Å²) in [4.78, 5) is 22.2. The lowest BCUT2D eigenvalue weighted by Crippen LogP contribution is -2.42. The van der Waals surface area contributed by atoms with Crippen LogP contribution < -0.4 is 11.1 Å². The summed E-state index contributed by atoms with van der Waals surface area (Å²) in [6.45, 7) is 2.62. The summed E-state index contributed by atoms with van der Waals surface area (Å²) in [5, 5.41) is 11.5. The molecule has 1 unspecified atom stereocenters. The molecule has 0 aromatic carbocycles. The molecule has 0 heterocycles. The Morgan fingerprint density at radius 2 is 1.95 bits per heavy atom. The van der Waals surface area contributed by atoms with Crippen molar-refractivity contribution < 1.29 is 14.7 Å². The van der Waals surface area contributed by atoms with E-state index in [2.05, 4.69) is 5.32 Å². The second-order valence-corrected chi connectivity index (χ2v) is 5.92. The number of amides is 1. The molecular formula is C14H26N2O3. The van der Waals surface area contributed by atoms with Crippen molar-refractivity contribution in [1.82, 2.24) is 5.32 Å². The molecule has 1 aliphatic rings. The van der Waals surface area contributed by atoms with E-state index in [9.17, 15) is 9.59 Å². The highest BCUT2D eigenvalue weighted by atomic mass is 16.4. The van der Waals surface area contributed by atoms with Crippen LogP contribution in [0.3, 0.4) is 0 Å². The molecule has 1 saturated carbocycles. The Labute approximate surface area is 114 Å². The maximum Gasteiger partial charge on any atom is 0.303 e. The predicted octanol–water partition coefficient (Wildman–Crippen LogP) is 1.66. The summed E-state index contributed by atoms with van der Waals surface area (Å²) < 4.78 is 0. The summed E-state index contributed by atoms with van der Waals surface area (Å²) in [5.74, 6) is -0.424. The minimum Gasteiger partial charge on any atom is -0.481 e. The van der Waals surface area contributed by atoms with Crippen molar-refractivity contribution in [3.63, 3.8) is 0 Å². The highest BCUT2D eigenvalue weighted by Gasteiger charge is 2.31. The summed E-state index contributed by atoms with van der Waals surface area (Å²) in [7, 11) is 0. The van der Waals surface area contributed by atoms with E-state index in [0.717, 1.165) is 32.1 Å². The quantitative estimate of drug-likeness (QED) is 0.625. The Hall–Kier alpha value is -1.10. The number of carboxylic acids is 1. The van der Waals surface area contributed by atoms with E-state index in [1.165, 1.54) is 0 Å². The first kappa shape index (κ1) is 16.0. The van der Waals surface area contributed by atoms with Gasteiger partial charge in [0.15, 0.2) is 0 Å². The molecule has 0 saturated heterocycles. The third-order valence-corrected chi connectivity index (χ3v) is 3.92. The SMILES string of the molecule is CC(CCNC(=O)CC1(N)CCCC1)CCC(=O)O. The normalized spacial score (nSPS) is 19.1. The second-order valence-electron chi connectivity index (χ2n) is 5.92. The van der Waals surface area contributed by atoms with E-state index in [1.807, 2.05) is 6.92 Å². The number of nitrogens with one attached hydrogen (secondary N) is 1. The van der Waals surface area contributed by atoms with Gasteiger partial charge in [-0.1, -0.05) is 19.8 Å². The molecule has 1 amide bonds. The second kappa shape index (κ2) is 7.48. The van der Waals surface area contributed by atoms with Crippen LogP contribution >= 0.6 is 0 Å². The number of aliphatic carboxylic acids is 1. The minimum atomic E-state index is -0.762. The molecule has 110 valence electrons. The molecule has 1 atom stereocenters. The summed E-state index contributed by atoms with van der Waals surface area (Å²) in [6.07, 6.45) is 6.21. The monoisotopic (exact) mass is 270 g/mol. The van der Waals surface area contributed by atoms with Gasteiger partial charge in [0.25, 0.3) is 0 Å². The van der Waals surface area contributed by atoms with E-state index in [-0.39, 0.29) is 17.9 Å². The van der Waals surface area contributed by atoms with Gasteiger partial charge in [-0.3, -0.25) is 9.59 Å². The van der Waals surface area contributed by atoms with Gasteiger partial charge in [0, 0.05) is 24.9 Å². The number of rotatable bonds is 8. The molecule has 0 spiro atoms. The number of carbonyl (C=O) groups is 2. The van der Waals surface area contributed by atoms with E-state index >= 15 is 0 Å². The van der Waals surface area contributed by atoms with Crippen LogP contribution in [0.2, 0.25) is 0 Å². The largest absolute Gasteiger partial charge is 0.481 e. The molecule has 1 rings (SSSR count). The standard InChI is InChI=1S/C14H26N2O3/c1-11(4-5-13(18)19)6-9-16-12(17)10-14(15)7-2-3-8-14/h11H,2-10,15H2,1H3,(H,16,17)(H,18,19). The Morgan fingerprint density at radius 1 is 1.32 bits per heavy atom. The molecule has 5 heteroatoms. The van der Waals surface area contributed by atoms with Gasteiger partial charge in [-0.25, -0.2) is 0 Å². The van der Waals surface area contributed by atoms with E-state index in [4.69, 9.17) is 10.8 Å². The molecular weight excluding hydrogens is 244 g/mol. The van der Waals surface area contributed by atoms with Crippen molar-refractivity contribution in [3.05, 3.63) is 0 Å². The average Bonchev–Trinajstić information content (AvgIpc) is 2.73. The van der Waals surface area contributed by atoms with Crippen LogP contribution in [0.25, 0.3) is 0 Å². The third kappa shape index (κ3) is 6.57. The van der Waals surface area contributed by atoms with E-state index < -0.39 is 5.97 Å². The third-order valence-electron chi connectivity index (χ3n) is 3.92. The Bertz CT molecular complexity index is 312. The highest BCUT2D eigenvalue weighted by Crippen LogP contribution is 2.29. The fraction of sp³-hybridized carbons (Fsp3) is 0.857. The smallest absolute Gasteiger partial charge is 0.303 e. The number of carbonyl (C=O) groups excluding carboxylic acids is 1. The van der Waals surface area contributed by atoms with Crippen LogP contribution in [0.1, 0.15) is 58.3 Å². The number of carboxylic acid groups (broad SMARTS) is 1. The molecule has 0 aromatic heterocycles. The van der Waals surface area contributed by atoms with Crippen LogP contribution in [0, 0.1) is 5.92 Å². The minimum absolute atomic E-state index is 0.0230. The first-order valence-electron chi connectivity index (χ1n) is 7.19. The van der Waals surface area contributed by atoms with Crippen LogP contribution in [0.4, 0.5) is 0 Å². The lowest BCUT2D eigenvalue weighted by molar-refractivity contribution is -0.137. The molecule has 4 N–H and O–H groups in total. The lowest BCUT2D eigenvalue weighted by Gasteiger charge is -2.22. The fourth-order valence-electron chi connectivity index (χ4n) is 2.61. The highest BCUT2D eigenvalue weighted by molar-refractivity contribution is 5.77. The summed E-state index contributed by atoms with van der Waals surface area (Å²) in [5.41, 5.74) is 5.85. The van der Waals surface area contributed by atoms with Crippen molar-refractivity contribution >= 4 is 11.9 Å². The van der Waals surface area contributed by atoms with Crippen molar-refractivity contribution in [1.29, 1.82) is 0 Å². The predicted molar refractivity (Wildman–Crippen MR) is 73.7 cm³/mol. The van der Waals surface area contributed by atoms with E-state index in [1.54, 1.807) is 0 Å². The number of hydrogen-bond acceptors (Lipinski definition) is 3. The molecule has 1 fully saturated rings. The molecule has 1 aliphatic carbocycles. The zero-order chi connectivity index (χ0) is 14.3. The van der Waals surface area contributed by atoms with Gasteiger partial charge < -0.3 is 16.2 Å². The first-order chi connectivity index (χ1) is 8.91. The summed E-state index contributed by atoms with van der Waals surface area (Å²) >= 11 is 0. The Morgan fingerprint density at radius 3 is 2.53 bits per heavy atom. The first-order valence-corrected chi connectivity index (χ1v) is 7.19. The lowest BCUT2D eigenvalue weighted by atomic mass is 9.94. The van der Waals surface area contributed by atoms with Crippen LogP contribution in [0.15, 0.2) is 0 Å². The number of nitrogens with two attached hydrogens (primary N) is 1. The fourth-order valence-corrected chi connectivity index (χ4v) is 2.61. The molecule has 0 radical (unpaired) electrons. The van der Waals surface area contributed by atoms with Gasteiger partial charge in [-0.15, -0.1) is 0 Å². The summed E-state index contributed by atoms with van der Waals surface area (Å²) in [6, 6.07) is 0. The van der Waals surface area contributed by atoms with Crippen molar-refractivity contribution in [2.75, 3.05) is 6.54 Å². The Balaban J connectivity index is 2.11. The number of hydrogen-bond donors (Lipinski definition) is 3. The Kier molecular flexibility index (Phi) is 6.28. The van der Waals surface area contributed by atoms with Crippen molar-refractivity contribution in [2.24, 2.45) is 11.7 Å². The molecule has 0 aromatic rings.